The molecule has 5 atom stereocenters. The van der Waals surface area contributed by atoms with Crippen LogP contribution in [0.25, 0.3) is 0 Å². The van der Waals surface area contributed by atoms with Crippen molar-refractivity contribution in [2.24, 2.45) is 29.6 Å². The number of rotatable bonds is 3. The van der Waals surface area contributed by atoms with Gasteiger partial charge < -0.3 is 10.0 Å². The molecule has 0 heterocycles. The maximum atomic E-state index is 12.8. The molecule has 0 aromatic heterocycles. The molecule has 1 N–H and O–H groups in total. The average molecular weight is 285 g/mol. The van der Waals surface area contributed by atoms with E-state index in [0.29, 0.717) is 11.8 Å². The number of amides is 1. The number of carbonyl (C=O) groups is 1. The molecule has 112 valence electrons. The van der Waals surface area contributed by atoms with Crippen LogP contribution in [0.5, 0.6) is 5.75 Å². The first-order valence-electron chi connectivity index (χ1n) is 8.14. The highest BCUT2D eigenvalue weighted by Crippen LogP contribution is 2.69. The van der Waals surface area contributed by atoms with Crippen molar-refractivity contribution < 1.29 is 9.90 Å². The van der Waals surface area contributed by atoms with Gasteiger partial charge in [0.05, 0.1) is 6.04 Å². The standard InChI is InChI=1S/C18H23NO2/c1-10(13-5-3-4-6-14(13)20)19(2)18(21)17-15-11-7-8-12(9-11)16(15)17/h3-6,10-12,15-17,20H,7-9H2,1-2H3. The molecule has 1 aromatic carbocycles. The number of carbonyl (C=O) groups excluding carboxylic acids is 1. The summed E-state index contributed by atoms with van der Waals surface area (Å²) < 4.78 is 0. The molecule has 3 aliphatic rings. The fraction of sp³-hybridized carbons (Fsp3) is 0.611. The van der Waals surface area contributed by atoms with Crippen LogP contribution in [0.3, 0.4) is 0 Å². The number of para-hydroxylation sites is 1. The van der Waals surface area contributed by atoms with Crippen LogP contribution in [0.15, 0.2) is 24.3 Å². The van der Waals surface area contributed by atoms with Gasteiger partial charge in [-0.05, 0) is 55.9 Å². The summed E-state index contributed by atoms with van der Waals surface area (Å²) in [5.74, 6) is 3.84. The van der Waals surface area contributed by atoms with Crippen LogP contribution in [0, 0.1) is 29.6 Å². The van der Waals surface area contributed by atoms with Gasteiger partial charge in [0.2, 0.25) is 5.91 Å². The van der Waals surface area contributed by atoms with E-state index in [1.54, 1.807) is 6.07 Å². The second kappa shape index (κ2) is 4.49. The zero-order valence-electron chi connectivity index (χ0n) is 12.7. The van der Waals surface area contributed by atoms with Crippen molar-refractivity contribution in [2.75, 3.05) is 7.05 Å². The van der Waals surface area contributed by atoms with Crippen LogP contribution < -0.4 is 0 Å². The van der Waals surface area contributed by atoms with Gasteiger partial charge in [-0.15, -0.1) is 0 Å². The highest BCUT2D eigenvalue weighted by molar-refractivity contribution is 5.83. The zero-order chi connectivity index (χ0) is 14.7. The third-order valence-electron chi connectivity index (χ3n) is 6.34. The third kappa shape index (κ3) is 1.82. The number of hydrogen-bond acceptors (Lipinski definition) is 2. The first-order chi connectivity index (χ1) is 10.1. The fourth-order valence-electron chi connectivity index (χ4n) is 5.13. The summed E-state index contributed by atoms with van der Waals surface area (Å²) in [6.07, 6.45) is 4.06. The van der Waals surface area contributed by atoms with Crippen molar-refractivity contribution in [1.29, 1.82) is 0 Å². The van der Waals surface area contributed by atoms with Gasteiger partial charge in [0.1, 0.15) is 5.75 Å². The molecule has 0 aliphatic heterocycles. The molecule has 3 heteroatoms. The number of nitrogens with zero attached hydrogens (tertiary/aromatic N) is 1. The molecule has 4 rings (SSSR count). The molecule has 0 radical (unpaired) electrons. The minimum absolute atomic E-state index is 0.0716. The monoisotopic (exact) mass is 285 g/mol. The number of aromatic hydroxyl groups is 1. The molecule has 3 nitrogen and oxygen atoms in total. The summed E-state index contributed by atoms with van der Waals surface area (Å²) in [4.78, 5) is 14.7. The zero-order valence-corrected chi connectivity index (χ0v) is 12.7. The molecule has 1 amide bonds. The van der Waals surface area contributed by atoms with E-state index in [-0.39, 0.29) is 23.6 Å². The first-order valence-corrected chi connectivity index (χ1v) is 8.14. The lowest BCUT2D eigenvalue weighted by molar-refractivity contribution is -0.134. The van der Waals surface area contributed by atoms with E-state index in [2.05, 4.69) is 0 Å². The first kappa shape index (κ1) is 13.2. The summed E-state index contributed by atoms with van der Waals surface area (Å²) >= 11 is 0. The summed E-state index contributed by atoms with van der Waals surface area (Å²) in [6.45, 7) is 2.00. The van der Waals surface area contributed by atoms with Crippen LogP contribution in [0.2, 0.25) is 0 Å². The molecule has 1 aromatic rings. The van der Waals surface area contributed by atoms with E-state index >= 15 is 0 Å². The predicted molar refractivity (Wildman–Crippen MR) is 80.6 cm³/mol. The largest absolute Gasteiger partial charge is 0.508 e. The lowest BCUT2D eigenvalue weighted by Crippen LogP contribution is -2.32. The Labute approximate surface area is 126 Å². The van der Waals surface area contributed by atoms with Crippen LogP contribution >= 0.6 is 0 Å². The van der Waals surface area contributed by atoms with Crippen molar-refractivity contribution in [3.05, 3.63) is 29.8 Å². The smallest absolute Gasteiger partial charge is 0.226 e. The molecule has 3 fully saturated rings. The van der Waals surface area contributed by atoms with Gasteiger partial charge in [0.25, 0.3) is 0 Å². The summed E-state index contributed by atoms with van der Waals surface area (Å²) in [7, 11) is 1.88. The normalized spacial score (nSPS) is 37.1. The Hall–Kier alpha value is -1.51. The minimum Gasteiger partial charge on any atom is -0.508 e. The van der Waals surface area contributed by atoms with E-state index in [1.807, 2.05) is 37.1 Å². The van der Waals surface area contributed by atoms with Crippen LogP contribution in [0.1, 0.15) is 37.8 Å². The maximum absolute atomic E-state index is 12.8. The van der Waals surface area contributed by atoms with Gasteiger partial charge >= 0.3 is 0 Å². The van der Waals surface area contributed by atoms with E-state index in [0.717, 1.165) is 17.4 Å². The van der Waals surface area contributed by atoms with Crippen molar-refractivity contribution in [3.8, 4) is 5.75 Å². The molecule has 0 spiro atoms. The van der Waals surface area contributed by atoms with Gasteiger partial charge in [-0.1, -0.05) is 18.2 Å². The molecule has 21 heavy (non-hydrogen) atoms. The lowest BCUT2D eigenvalue weighted by Gasteiger charge is -2.27. The Morgan fingerprint density at radius 3 is 2.48 bits per heavy atom. The quantitative estimate of drug-likeness (QED) is 0.926. The Morgan fingerprint density at radius 1 is 1.24 bits per heavy atom. The van der Waals surface area contributed by atoms with Crippen LogP contribution in [-0.2, 0) is 4.79 Å². The maximum Gasteiger partial charge on any atom is 0.226 e. The third-order valence-corrected chi connectivity index (χ3v) is 6.34. The molecular formula is C18H23NO2. The number of benzene rings is 1. The molecule has 3 aliphatic carbocycles. The second-order valence-electron chi connectivity index (χ2n) is 7.20. The topological polar surface area (TPSA) is 40.5 Å². The van der Waals surface area contributed by atoms with E-state index in [4.69, 9.17) is 0 Å². The van der Waals surface area contributed by atoms with Crippen LogP contribution in [0.4, 0.5) is 0 Å². The molecular weight excluding hydrogens is 262 g/mol. The average Bonchev–Trinajstić information content (AvgIpc) is 2.92. The molecule has 5 unspecified atom stereocenters. The van der Waals surface area contributed by atoms with Crippen molar-refractivity contribution in [1.82, 2.24) is 4.90 Å². The molecule has 0 saturated heterocycles. The molecule has 3 saturated carbocycles. The highest BCUT2D eigenvalue weighted by Gasteiger charge is 2.67. The lowest BCUT2D eigenvalue weighted by atomic mass is 10.00. The van der Waals surface area contributed by atoms with Gasteiger partial charge in [0, 0.05) is 18.5 Å². The van der Waals surface area contributed by atoms with Crippen LogP contribution in [-0.4, -0.2) is 23.0 Å². The molecule has 2 bridgehead atoms. The number of hydrogen-bond donors (Lipinski definition) is 1. The number of phenols is 1. The van der Waals surface area contributed by atoms with E-state index in [9.17, 15) is 9.90 Å². The number of fused-ring (bicyclic) bond motifs is 5. The Kier molecular flexibility index (Phi) is 2.82. The van der Waals surface area contributed by atoms with Gasteiger partial charge in [0.15, 0.2) is 0 Å². The van der Waals surface area contributed by atoms with Crippen molar-refractivity contribution >= 4 is 5.91 Å². The minimum atomic E-state index is -0.0716. The fourth-order valence-corrected chi connectivity index (χ4v) is 5.13. The number of phenolic OH excluding ortho intramolecular Hbond substituents is 1. The summed E-state index contributed by atoms with van der Waals surface area (Å²) in [5, 5.41) is 9.98. The SMILES string of the molecule is CC(c1ccccc1O)N(C)C(=O)C1C2C3CCC(C3)C12. The Balaban J connectivity index is 1.49. The summed E-state index contributed by atoms with van der Waals surface area (Å²) in [5.41, 5.74) is 0.835. The Morgan fingerprint density at radius 2 is 1.86 bits per heavy atom. The predicted octanol–water partition coefficient (Wildman–Crippen LogP) is 3.20. The van der Waals surface area contributed by atoms with Gasteiger partial charge in [-0.25, -0.2) is 0 Å². The second-order valence-corrected chi connectivity index (χ2v) is 7.20. The van der Waals surface area contributed by atoms with E-state index in [1.165, 1.54) is 19.3 Å². The van der Waals surface area contributed by atoms with Gasteiger partial charge in [-0.3, -0.25) is 4.79 Å². The highest BCUT2D eigenvalue weighted by atomic mass is 16.3. The van der Waals surface area contributed by atoms with E-state index < -0.39 is 0 Å². The van der Waals surface area contributed by atoms with Crippen molar-refractivity contribution in [3.63, 3.8) is 0 Å². The Bertz CT molecular complexity index is 568. The van der Waals surface area contributed by atoms with Gasteiger partial charge in [-0.2, -0.15) is 0 Å². The summed E-state index contributed by atoms with van der Waals surface area (Å²) in [6, 6.07) is 7.25. The van der Waals surface area contributed by atoms with Crippen molar-refractivity contribution in [2.45, 2.75) is 32.2 Å².